The molecule has 2 aromatic rings. The number of carboxylic acids is 1. The van der Waals surface area contributed by atoms with Crippen LogP contribution in [0.3, 0.4) is 0 Å². The third-order valence-electron chi connectivity index (χ3n) is 2.56. The summed E-state index contributed by atoms with van der Waals surface area (Å²) < 4.78 is 1.54. The van der Waals surface area contributed by atoms with Gasteiger partial charge >= 0.3 is 5.97 Å². The fourth-order valence-electron chi connectivity index (χ4n) is 1.57. The summed E-state index contributed by atoms with van der Waals surface area (Å²) in [4.78, 5) is 11.8. The zero-order valence-corrected chi connectivity index (χ0v) is 12.3. The Bertz CT molecular complexity index is 608. The van der Waals surface area contributed by atoms with Crippen molar-refractivity contribution in [3.05, 3.63) is 45.7 Å². The highest BCUT2D eigenvalue weighted by Crippen LogP contribution is 2.36. The van der Waals surface area contributed by atoms with E-state index in [-0.39, 0.29) is 5.56 Å². The molecule has 0 saturated heterocycles. The second-order valence-corrected chi connectivity index (χ2v) is 5.57. The Hall–Kier alpha value is -1.17. The molecule has 0 aliphatic carbocycles. The molecule has 4 nitrogen and oxygen atoms in total. The third-order valence-corrected chi connectivity index (χ3v) is 4.56. The van der Waals surface area contributed by atoms with E-state index in [1.807, 2.05) is 0 Å². The van der Waals surface area contributed by atoms with E-state index in [1.165, 1.54) is 18.0 Å². The van der Waals surface area contributed by atoms with Crippen molar-refractivity contribution in [3.8, 4) is 0 Å². The van der Waals surface area contributed by atoms with E-state index in [0.29, 0.717) is 21.5 Å². The Morgan fingerprint density at radius 1 is 1.42 bits per heavy atom. The van der Waals surface area contributed by atoms with Gasteiger partial charge < -0.3 is 5.11 Å². The largest absolute Gasteiger partial charge is 0.478 e. The molecule has 0 saturated carbocycles. The van der Waals surface area contributed by atoms with Crippen LogP contribution in [0.15, 0.2) is 29.3 Å². The molecule has 1 heterocycles. The molecule has 7 heteroatoms. The summed E-state index contributed by atoms with van der Waals surface area (Å²) in [6.45, 7) is 0. The highest BCUT2D eigenvalue weighted by atomic mass is 35.5. The smallest absolute Gasteiger partial charge is 0.339 e. The van der Waals surface area contributed by atoms with E-state index in [2.05, 4.69) is 5.10 Å². The van der Waals surface area contributed by atoms with Gasteiger partial charge in [0.1, 0.15) is 5.56 Å². The molecule has 0 radical (unpaired) electrons. The molecular formula is C12H10Cl2N2O2S. The van der Waals surface area contributed by atoms with Crippen molar-refractivity contribution < 1.29 is 9.90 Å². The lowest BCUT2D eigenvalue weighted by molar-refractivity contribution is 0.0696. The van der Waals surface area contributed by atoms with Gasteiger partial charge in [0.15, 0.2) is 0 Å². The number of hydrogen-bond donors (Lipinski definition) is 1. The Morgan fingerprint density at radius 3 is 2.63 bits per heavy atom. The van der Waals surface area contributed by atoms with Crippen LogP contribution < -0.4 is 0 Å². The van der Waals surface area contributed by atoms with Crippen molar-refractivity contribution in [2.75, 3.05) is 0 Å². The van der Waals surface area contributed by atoms with Gasteiger partial charge in [-0.05, 0) is 12.1 Å². The maximum Gasteiger partial charge on any atom is 0.339 e. The van der Waals surface area contributed by atoms with E-state index in [0.717, 1.165) is 4.90 Å². The van der Waals surface area contributed by atoms with Gasteiger partial charge in [-0.25, -0.2) is 4.79 Å². The van der Waals surface area contributed by atoms with Gasteiger partial charge in [0.2, 0.25) is 0 Å². The number of aromatic nitrogens is 2. The van der Waals surface area contributed by atoms with Crippen molar-refractivity contribution in [1.29, 1.82) is 0 Å². The number of rotatable bonds is 4. The van der Waals surface area contributed by atoms with Crippen LogP contribution in [-0.2, 0) is 12.8 Å². The molecule has 0 spiro atoms. The maximum atomic E-state index is 11.1. The molecule has 19 heavy (non-hydrogen) atoms. The van der Waals surface area contributed by atoms with E-state index in [9.17, 15) is 4.79 Å². The molecule has 1 aromatic carbocycles. The van der Waals surface area contributed by atoms with Crippen LogP contribution in [0.2, 0.25) is 10.0 Å². The first-order valence-electron chi connectivity index (χ1n) is 5.31. The third kappa shape index (κ3) is 3.05. The first-order valence-corrected chi connectivity index (χ1v) is 7.06. The highest BCUT2D eigenvalue weighted by molar-refractivity contribution is 7.98. The Morgan fingerprint density at radius 2 is 2.05 bits per heavy atom. The molecule has 0 fully saturated rings. The molecule has 0 atom stereocenters. The summed E-state index contributed by atoms with van der Waals surface area (Å²) in [5.74, 6) is -0.560. The predicted molar refractivity (Wildman–Crippen MR) is 76.2 cm³/mol. The normalized spacial score (nSPS) is 10.7. The van der Waals surface area contributed by atoms with Crippen molar-refractivity contribution >= 4 is 40.9 Å². The first kappa shape index (κ1) is 14.2. The van der Waals surface area contributed by atoms with Gasteiger partial charge in [-0.15, -0.1) is 11.8 Å². The van der Waals surface area contributed by atoms with E-state index >= 15 is 0 Å². The van der Waals surface area contributed by atoms with Gasteiger partial charge in [-0.2, -0.15) is 5.10 Å². The van der Waals surface area contributed by atoms with Gasteiger partial charge in [0.25, 0.3) is 0 Å². The molecule has 0 aliphatic rings. The zero-order chi connectivity index (χ0) is 14.0. The number of carbonyl (C=O) groups is 1. The minimum Gasteiger partial charge on any atom is -0.478 e. The first-order chi connectivity index (χ1) is 9.00. The molecule has 0 aliphatic heterocycles. The summed E-state index contributed by atoms with van der Waals surface area (Å²) in [6, 6.07) is 5.26. The molecule has 1 aromatic heterocycles. The predicted octanol–water partition coefficient (Wildman–Crippen LogP) is 3.72. The standard InChI is InChI=1S/C12H10Cl2N2O2S/c1-16-10(7(5-15-16)12(17)18)6-19-11-8(13)3-2-4-9(11)14/h2-5H,6H2,1H3,(H,17,18). The zero-order valence-electron chi connectivity index (χ0n) is 9.93. The number of benzene rings is 1. The minimum absolute atomic E-state index is 0.193. The van der Waals surface area contributed by atoms with Crippen molar-refractivity contribution in [2.24, 2.45) is 7.05 Å². The van der Waals surface area contributed by atoms with Crippen LogP contribution in [0.25, 0.3) is 0 Å². The van der Waals surface area contributed by atoms with E-state index < -0.39 is 5.97 Å². The van der Waals surface area contributed by atoms with Gasteiger partial charge in [0, 0.05) is 17.7 Å². The molecule has 100 valence electrons. The monoisotopic (exact) mass is 316 g/mol. The molecule has 2 rings (SSSR count). The Balaban J connectivity index is 2.24. The fraction of sp³-hybridized carbons (Fsp3) is 0.167. The maximum absolute atomic E-state index is 11.1. The second-order valence-electron chi connectivity index (χ2n) is 3.77. The number of thioether (sulfide) groups is 1. The number of hydrogen-bond acceptors (Lipinski definition) is 3. The average Bonchev–Trinajstić information content (AvgIpc) is 2.70. The molecule has 1 N–H and O–H groups in total. The van der Waals surface area contributed by atoms with E-state index in [4.69, 9.17) is 28.3 Å². The van der Waals surface area contributed by atoms with Crippen molar-refractivity contribution in [2.45, 2.75) is 10.6 Å². The Labute approximate surface area is 124 Å². The summed E-state index contributed by atoms with van der Waals surface area (Å²) in [6.07, 6.45) is 1.34. The number of nitrogens with zero attached hydrogens (tertiary/aromatic N) is 2. The molecule has 0 bridgehead atoms. The molecule has 0 unspecified atom stereocenters. The Kier molecular flexibility index (Phi) is 4.39. The highest BCUT2D eigenvalue weighted by Gasteiger charge is 2.16. The SMILES string of the molecule is Cn1ncc(C(=O)O)c1CSc1c(Cl)cccc1Cl. The van der Waals surface area contributed by atoms with Gasteiger partial charge in [-0.1, -0.05) is 29.3 Å². The molecular weight excluding hydrogens is 307 g/mol. The van der Waals surface area contributed by atoms with Crippen molar-refractivity contribution in [3.63, 3.8) is 0 Å². The summed E-state index contributed by atoms with van der Waals surface area (Å²) in [5, 5.41) is 14.1. The lowest BCUT2D eigenvalue weighted by Crippen LogP contribution is -2.03. The average molecular weight is 317 g/mol. The lowest BCUT2D eigenvalue weighted by atomic mass is 10.3. The summed E-state index contributed by atoms with van der Waals surface area (Å²) >= 11 is 13.5. The summed E-state index contributed by atoms with van der Waals surface area (Å²) in [7, 11) is 1.70. The van der Waals surface area contributed by atoms with Crippen LogP contribution in [0.5, 0.6) is 0 Å². The fourth-order valence-corrected chi connectivity index (χ4v) is 3.33. The topological polar surface area (TPSA) is 55.1 Å². The summed E-state index contributed by atoms with van der Waals surface area (Å²) in [5.41, 5.74) is 0.812. The van der Waals surface area contributed by atoms with Gasteiger partial charge in [-0.3, -0.25) is 4.68 Å². The lowest BCUT2D eigenvalue weighted by Gasteiger charge is -2.07. The number of aryl methyl sites for hydroxylation is 1. The number of aromatic carboxylic acids is 1. The molecule has 0 amide bonds. The minimum atomic E-state index is -0.992. The van der Waals surface area contributed by atoms with Crippen LogP contribution in [0.1, 0.15) is 16.1 Å². The quantitative estimate of drug-likeness (QED) is 0.873. The van der Waals surface area contributed by atoms with Crippen LogP contribution >= 0.6 is 35.0 Å². The van der Waals surface area contributed by atoms with Crippen LogP contribution in [0, 0.1) is 0 Å². The number of carboxylic acid groups (broad SMARTS) is 1. The van der Waals surface area contributed by atoms with Crippen LogP contribution in [-0.4, -0.2) is 20.9 Å². The second kappa shape index (κ2) is 5.86. The van der Waals surface area contributed by atoms with E-state index in [1.54, 1.807) is 29.9 Å². The van der Waals surface area contributed by atoms with Crippen molar-refractivity contribution in [1.82, 2.24) is 9.78 Å². The number of halogens is 2. The van der Waals surface area contributed by atoms with Gasteiger partial charge in [0.05, 0.1) is 21.9 Å². The van der Waals surface area contributed by atoms with Crippen LogP contribution in [0.4, 0.5) is 0 Å².